The van der Waals surface area contributed by atoms with Crippen molar-refractivity contribution in [3.05, 3.63) is 24.0 Å². The molecule has 2 heterocycles. The van der Waals surface area contributed by atoms with Crippen LogP contribution in [0.1, 0.15) is 12.7 Å². The zero-order chi connectivity index (χ0) is 13.9. The number of rotatable bonds is 4. The Morgan fingerprint density at radius 1 is 1.25 bits per heavy atom. The van der Waals surface area contributed by atoms with Gasteiger partial charge in [-0.05, 0) is 25.7 Å². The molecule has 1 aromatic carbocycles. The highest BCUT2D eigenvalue weighted by atomic mass is 15.3. The van der Waals surface area contributed by atoms with Crippen LogP contribution in [-0.4, -0.2) is 54.6 Å². The fourth-order valence-electron chi connectivity index (χ4n) is 2.70. The van der Waals surface area contributed by atoms with E-state index in [0.717, 1.165) is 56.1 Å². The van der Waals surface area contributed by atoms with Crippen LogP contribution in [0.15, 0.2) is 18.2 Å². The number of nitrogens with zero attached hydrogens (tertiary/aromatic N) is 3. The molecule has 108 valence electrons. The average Bonchev–Trinajstić information content (AvgIpc) is 2.89. The molecule has 0 aliphatic carbocycles. The molecule has 1 fully saturated rings. The van der Waals surface area contributed by atoms with Crippen molar-refractivity contribution in [2.45, 2.75) is 13.5 Å². The smallest absolute Gasteiger partial charge is 0.121 e. The number of piperazine rings is 1. The van der Waals surface area contributed by atoms with Crippen molar-refractivity contribution in [2.75, 3.05) is 44.7 Å². The monoisotopic (exact) mass is 273 g/mol. The SMILES string of the molecule is CCNCc1nc2c(N3CCN(C)CC3)cccc2[nH]1. The Kier molecular flexibility index (Phi) is 3.89. The molecular formula is C15H23N5. The molecule has 0 amide bonds. The number of anilines is 1. The summed E-state index contributed by atoms with van der Waals surface area (Å²) in [4.78, 5) is 13.0. The zero-order valence-corrected chi connectivity index (χ0v) is 12.3. The number of aromatic amines is 1. The highest BCUT2D eigenvalue weighted by molar-refractivity contribution is 5.89. The van der Waals surface area contributed by atoms with Crippen LogP contribution in [0.3, 0.4) is 0 Å². The molecule has 0 atom stereocenters. The van der Waals surface area contributed by atoms with Crippen LogP contribution in [0.25, 0.3) is 11.0 Å². The molecule has 0 bridgehead atoms. The number of hydrogen-bond donors (Lipinski definition) is 2. The molecule has 1 aliphatic heterocycles. The summed E-state index contributed by atoms with van der Waals surface area (Å²) >= 11 is 0. The van der Waals surface area contributed by atoms with Crippen LogP contribution in [0.2, 0.25) is 0 Å². The summed E-state index contributed by atoms with van der Waals surface area (Å²) in [6.07, 6.45) is 0. The minimum Gasteiger partial charge on any atom is -0.367 e. The molecule has 5 heteroatoms. The average molecular weight is 273 g/mol. The van der Waals surface area contributed by atoms with Gasteiger partial charge in [0, 0.05) is 26.2 Å². The van der Waals surface area contributed by atoms with E-state index >= 15 is 0 Å². The first-order valence-electron chi connectivity index (χ1n) is 7.39. The third kappa shape index (κ3) is 2.64. The summed E-state index contributed by atoms with van der Waals surface area (Å²) in [5.41, 5.74) is 3.49. The molecule has 1 aliphatic rings. The van der Waals surface area contributed by atoms with Gasteiger partial charge in [0.05, 0.1) is 17.7 Å². The van der Waals surface area contributed by atoms with Crippen LogP contribution < -0.4 is 10.2 Å². The second-order valence-corrected chi connectivity index (χ2v) is 5.43. The Labute approximate surface area is 120 Å². The molecule has 5 nitrogen and oxygen atoms in total. The van der Waals surface area contributed by atoms with Crippen molar-refractivity contribution >= 4 is 16.7 Å². The van der Waals surface area contributed by atoms with Crippen molar-refractivity contribution in [3.8, 4) is 0 Å². The predicted molar refractivity (Wildman–Crippen MR) is 83.2 cm³/mol. The number of nitrogens with one attached hydrogen (secondary N) is 2. The molecule has 0 radical (unpaired) electrons. The maximum absolute atomic E-state index is 4.77. The number of H-pyrrole nitrogens is 1. The lowest BCUT2D eigenvalue weighted by Gasteiger charge is -2.34. The first-order chi connectivity index (χ1) is 9.78. The third-order valence-electron chi connectivity index (χ3n) is 3.93. The van der Waals surface area contributed by atoms with E-state index in [9.17, 15) is 0 Å². The number of fused-ring (bicyclic) bond motifs is 1. The van der Waals surface area contributed by atoms with E-state index in [0.29, 0.717) is 0 Å². The molecule has 1 saturated heterocycles. The summed E-state index contributed by atoms with van der Waals surface area (Å²) in [5.74, 6) is 1.02. The normalized spacial score (nSPS) is 17.0. The van der Waals surface area contributed by atoms with E-state index in [1.165, 1.54) is 5.69 Å². The van der Waals surface area contributed by atoms with Gasteiger partial charge in [-0.15, -0.1) is 0 Å². The molecule has 0 saturated carbocycles. The topological polar surface area (TPSA) is 47.2 Å². The number of aromatic nitrogens is 2. The van der Waals surface area contributed by atoms with Gasteiger partial charge in [0.25, 0.3) is 0 Å². The van der Waals surface area contributed by atoms with Gasteiger partial charge in [0.1, 0.15) is 11.3 Å². The minimum absolute atomic E-state index is 0.799. The first kappa shape index (κ1) is 13.4. The van der Waals surface area contributed by atoms with E-state index in [1.54, 1.807) is 0 Å². The van der Waals surface area contributed by atoms with E-state index in [2.05, 4.69) is 52.3 Å². The molecule has 3 rings (SSSR count). The Morgan fingerprint density at radius 3 is 2.80 bits per heavy atom. The van der Waals surface area contributed by atoms with Gasteiger partial charge in [0.2, 0.25) is 0 Å². The zero-order valence-electron chi connectivity index (χ0n) is 12.3. The summed E-state index contributed by atoms with van der Waals surface area (Å²) in [6.45, 7) is 8.25. The van der Waals surface area contributed by atoms with Gasteiger partial charge >= 0.3 is 0 Å². The van der Waals surface area contributed by atoms with Crippen LogP contribution in [-0.2, 0) is 6.54 Å². The van der Waals surface area contributed by atoms with Crippen molar-refractivity contribution in [2.24, 2.45) is 0 Å². The van der Waals surface area contributed by atoms with Crippen molar-refractivity contribution in [1.29, 1.82) is 0 Å². The largest absolute Gasteiger partial charge is 0.367 e. The first-order valence-corrected chi connectivity index (χ1v) is 7.39. The summed E-state index contributed by atoms with van der Waals surface area (Å²) in [5, 5.41) is 3.32. The highest BCUT2D eigenvalue weighted by Gasteiger charge is 2.17. The predicted octanol–water partition coefficient (Wildman–Crippen LogP) is 1.42. The van der Waals surface area contributed by atoms with E-state index in [4.69, 9.17) is 4.98 Å². The van der Waals surface area contributed by atoms with Gasteiger partial charge in [-0.1, -0.05) is 13.0 Å². The van der Waals surface area contributed by atoms with Gasteiger partial charge < -0.3 is 20.1 Å². The van der Waals surface area contributed by atoms with Crippen molar-refractivity contribution < 1.29 is 0 Å². The van der Waals surface area contributed by atoms with Gasteiger partial charge in [-0.3, -0.25) is 0 Å². The minimum atomic E-state index is 0.799. The number of imidazole rings is 1. The second kappa shape index (κ2) is 5.81. The fourth-order valence-corrected chi connectivity index (χ4v) is 2.70. The molecule has 1 aromatic heterocycles. The van der Waals surface area contributed by atoms with Crippen LogP contribution in [0.5, 0.6) is 0 Å². The standard InChI is InChI=1S/C15H23N5/c1-3-16-11-14-17-12-5-4-6-13(15(12)18-14)20-9-7-19(2)8-10-20/h4-6,16H,3,7-11H2,1-2H3,(H,17,18). The maximum Gasteiger partial charge on any atom is 0.121 e. The molecule has 2 aromatic rings. The second-order valence-electron chi connectivity index (χ2n) is 5.43. The maximum atomic E-state index is 4.77. The molecule has 2 N–H and O–H groups in total. The van der Waals surface area contributed by atoms with Crippen LogP contribution >= 0.6 is 0 Å². The molecular weight excluding hydrogens is 250 g/mol. The quantitative estimate of drug-likeness (QED) is 0.884. The molecule has 20 heavy (non-hydrogen) atoms. The Balaban J connectivity index is 1.88. The third-order valence-corrected chi connectivity index (χ3v) is 3.93. The molecule has 0 spiro atoms. The highest BCUT2D eigenvalue weighted by Crippen LogP contribution is 2.25. The lowest BCUT2D eigenvalue weighted by atomic mass is 10.2. The van der Waals surface area contributed by atoms with Crippen LogP contribution in [0.4, 0.5) is 5.69 Å². The summed E-state index contributed by atoms with van der Waals surface area (Å²) in [6, 6.07) is 6.41. The van der Waals surface area contributed by atoms with Crippen LogP contribution in [0, 0.1) is 0 Å². The number of likely N-dealkylation sites (N-methyl/N-ethyl adjacent to an activating group) is 1. The van der Waals surface area contributed by atoms with E-state index in [1.807, 2.05) is 0 Å². The molecule has 0 unspecified atom stereocenters. The van der Waals surface area contributed by atoms with E-state index < -0.39 is 0 Å². The number of hydrogen-bond acceptors (Lipinski definition) is 4. The Hall–Kier alpha value is -1.59. The number of benzene rings is 1. The lowest BCUT2D eigenvalue weighted by molar-refractivity contribution is 0.313. The van der Waals surface area contributed by atoms with Gasteiger partial charge in [0.15, 0.2) is 0 Å². The van der Waals surface area contributed by atoms with E-state index in [-0.39, 0.29) is 0 Å². The van der Waals surface area contributed by atoms with Crippen molar-refractivity contribution in [1.82, 2.24) is 20.2 Å². The Morgan fingerprint density at radius 2 is 2.05 bits per heavy atom. The van der Waals surface area contributed by atoms with Crippen molar-refractivity contribution in [3.63, 3.8) is 0 Å². The fraction of sp³-hybridized carbons (Fsp3) is 0.533. The van der Waals surface area contributed by atoms with Gasteiger partial charge in [-0.25, -0.2) is 4.98 Å². The lowest BCUT2D eigenvalue weighted by Crippen LogP contribution is -2.44. The summed E-state index contributed by atoms with van der Waals surface area (Å²) in [7, 11) is 2.18. The number of para-hydroxylation sites is 1. The Bertz CT molecular complexity index is 569. The van der Waals surface area contributed by atoms with Gasteiger partial charge in [-0.2, -0.15) is 0 Å². The summed E-state index contributed by atoms with van der Waals surface area (Å²) < 4.78 is 0.